The molecule has 1 aliphatic heterocycles. The van der Waals surface area contributed by atoms with E-state index >= 15 is 0 Å². The van der Waals surface area contributed by atoms with E-state index in [1.54, 1.807) is 6.07 Å². The van der Waals surface area contributed by atoms with Gasteiger partial charge >= 0.3 is 0 Å². The van der Waals surface area contributed by atoms with Crippen LogP contribution in [0.4, 0.5) is 10.1 Å². The van der Waals surface area contributed by atoms with Gasteiger partial charge in [0.05, 0.1) is 5.69 Å². The van der Waals surface area contributed by atoms with Crippen LogP contribution >= 0.6 is 0 Å². The molecule has 1 nitrogen and oxygen atoms in total. The number of hydrogen-bond acceptors (Lipinski definition) is 1. The van der Waals surface area contributed by atoms with Gasteiger partial charge in [0.15, 0.2) is 0 Å². The number of hydrogen-bond donors (Lipinski definition) is 1. The van der Waals surface area contributed by atoms with Gasteiger partial charge in [-0.15, -0.1) is 0 Å². The summed E-state index contributed by atoms with van der Waals surface area (Å²) in [6, 6.07) is 5.32. The quantitative estimate of drug-likeness (QED) is 0.645. The molecule has 1 heterocycles. The van der Waals surface area contributed by atoms with Crippen LogP contribution in [0.5, 0.6) is 0 Å². The second-order valence-corrected chi connectivity index (χ2v) is 3.67. The lowest BCUT2D eigenvalue weighted by molar-refractivity contribution is 0.626. The maximum Gasteiger partial charge on any atom is 0.146 e. The minimum Gasteiger partial charge on any atom is -0.382 e. The minimum atomic E-state index is -0.119. The number of fused-ring (bicyclic) bond motifs is 1. The van der Waals surface area contributed by atoms with Crippen molar-refractivity contribution in [3.63, 3.8) is 0 Å². The van der Waals surface area contributed by atoms with E-state index < -0.39 is 0 Å². The summed E-state index contributed by atoms with van der Waals surface area (Å²) in [7, 11) is 0. The summed E-state index contributed by atoms with van der Waals surface area (Å²) in [6.45, 7) is 3.05. The Bertz CT molecular complexity index is 309. The number of halogens is 1. The van der Waals surface area contributed by atoms with Crippen molar-refractivity contribution < 1.29 is 4.39 Å². The van der Waals surface area contributed by atoms with Gasteiger partial charge in [0.1, 0.15) is 5.82 Å². The zero-order valence-corrected chi connectivity index (χ0v) is 7.81. The van der Waals surface area contributed by atoms with Crippen LogP contribution in [0.1, 0.15) is 31.2 Å². The van der Waals surface area contributed by atoms with E-state index in [-0.39, 0.29) is 5.82 Å². The Morgan fingerprint density at radius 1 is 1.46 bits per heavy atom. The third kappa shape index (κ3) is 1.53. The van der Waals surface area contributed by atoms with Gasteiger partial charge < -0.3 is 5.32 Å². The summed E-state index contributed by atoms with van der Waals surface area (Å²) in [5.74, 6) is 0.354. The highest BCUT2D eigenvalue weighted by atomic mass is 19.1. The molecule has 1 atom stereocenters. The van der Waals surface area contributed by atoms with Crippen LogP contribution in [0.25, 0.3) is 0 Å². The van der Waals surface area contributed by atoms with Crippen molar-refractivity contribution in [3.05, 3.63) is 29.6 Å². The first-order chi connectivity index (χ1) is 6.29. The normalized spacial score (nSPS) is 21.5. The van der Waals surface area contributed by atoms with Crippen LogP contribution in [0.2, 0.25) is 0 Å². The fourth-order valence-corrected chi connectivity index (χ4v) is 1.92. The highest BCUT2D eigenvalue weighted by molar-refractivity contribution is 5.54. The zero-order valence-electron chi connectivity index (χ0n) is 7.81. The van der Waals surface area contributed by atoms with Gasteiger partial charge in [-0.3, -0.25) is 0 Å². The van der Waals surface area contributed by atoms with E-state index in [1.807, 2.05) is 6.07 Å². The predicted molar refractivity (Wildman–Crippen MR) is 52.5 cm³/mol. The smallest absolute Gasteiger partial charge is 0.146 e. The average molecular weight is 179 g/mol. The highest BCUT2D eigenvalue weighted by Gasteiger charge is 2.16. The van der Waals surface area contributed by atoms with E-state index in [4.69, 9.17) is 0 Å². The molecule has 2 heteroatoms. The molecular weight excluding hydrogens is 165 g/mol. The third-order valence-corrected chi connectivity index (χ3v) is 2.69. The standard InChI is InChI=1S/C11H14FN/c1-8-4-3-7-13-11-9(8)5-2-6-10(11)12/h2,5-6,8,13H,3-4,7H2,1H3. The summed E-state index contributed by atoms with van der Waals surface area (Å²) >= 11 is 0. The second-order valence-electron chi connectivity index (χ2n) is 3.67. The van der Waals surface area contributed by atoms with E-state index in [0.29, 0.717) is 11.6 Å². The van der Waals surface area contributed by atoms with E-state index in [2.05, 4.69) is 12.2 Å². The topological polar surface area (TPSA) is 12.0 Å². The van der Waals surface area contributed by atoms with Crippen molar-refractivity contribution in [2.45, 2.75) is 25.7 Å². The van der Waals surface area contributed by atoms with Crippen LogP contribution in [0, 0.1) is 5.82 Å². The molecule has 0 amide bonds. The van der Waals surface area contributed by atoms with E-state index in [1.165, 1.54) is 6.07 Å². The van der Waals surface area contributed by atoms with Crippen LogP contribution in [-0.4, -0.2) is 6.54 Å². The molecule has 1 N–H and O–H groups in total. The van der Waals surface area contributed by atoms with Gasteiger partial charge in [0, 0.05) is 6.54 Å². The molecule has 0 aromatic heterocycles. The van der Waals surface area contributed by atoms with Crippen molar-refractivity contribution in [2.24, 2.45) is 0 Å². The van der Waals surface area contributed by atoms with Gasteiger partial charge in [0.25, 0.3) is 0 Å². The molecule has 0 saturated heterocycles. The summed E-state index contributed by atoms with van der Waals surface area (Å²) < 4.78 is 13.4. The van der Waals surface area contributed by atoms with Crippen molar-refractivity contribution in [1.29, 1.82) is 0 Å². The van der Waals surface area contributed by atoms with Gasteiger partial charge in [0.2, 0.25) is 0 Å². The number of anilines is 1. The highest BCUT2D eigenvalue weighted by Crippen LogP contribution is 2.32. The molecule has 1 aliphatic rings. The Morgan fingerprint density at radius 2 is 2.31 bits per heavy atom. The lowest BCUT2D eigenvalue weighted by Gasteiger charge is -2.12. The molecule has 1 unspecified atom stereocenters. The molecule has 13 heavy (non-hydrogen) atoms. The maximum atomic E-state index is 13.4. The first kappa shape index (κ1) is 8.54. The molecule has 0 aliphatic carbocycles. The number of nitrogens with one attached hydrogen (secondary N) is 1. The van der Waals surface area contributed by atoms with Crippen molar-refractivity contribution in [2.75, 3.05) is 11.9 Å². The van der Waals surface area contributed by atoms with Gasteiger partial charge in [-0.1, -0.05) is 19.1 Å². The van der Waals surface area contributed by atoms with Gasteiger partial charge in [-0.2, -0.15) is 0 Å². The fourth-order valence-electron chi connectivity index (χ4n) is 1.92. The van der Waals surface area contributed by atoms with Crippen LogP contribution in [0.15, 0.2) is 18.2 Å². The minimum absolute atomic E-state index is 0.119. The number of rotatable bonds is 0. The molecule has 0 spiro atoms. The largest absolute Gasteiger partial charge is 0.382 e. The molecule has 0 saturated carbocycles. The van der Waals surface area contributed by atoms with Crippen molar-refractivity contribution >= 4 is 5.69 Å². The van der Waals surface area contributed by atoms with E-state index in [9.17, 15) is 4.39 Å². The van der Waals surface area contributed by atoms with Crippen LogP contribution in [-0.2, 0) is 0 Å². The Labute approximate surface area is 78.0 Å². The zero-order chi connectivity index (χ0) is 9.26. The molecule has 1 aromatic rings. The van der Waals surface area contributed by atoms with Crippen LogP contribution in [0.3, 0.4) is 0 Å². The number of benzene rings is 1. The van der Waals surface area contributed by atoms with Crippen molar-refractivity contribution in [1.82, 2.24) is 0 Å². The first-order valence-electron chi connectivity index (χ1n) is 4.81. The third-order valence-electron chi connectivity index (χ3n) is 2.69. The molecule has 2 rings (SSSR count). The summed E-state index contributed by atoms with van der Waals surface area (Å²) in [6.07, 6.45) is 2.26. The SMILES string of the molecule is CC1CCCNc2c(F)cccc21. The monoisotopic (exact) mass is 179 g/mol. The summed E-state index contributed by atoms with van der Waals surface area (Å²) in [5.41, 5.74) is 1.84. The van der Waals surface area contributed by atoms with Gasteiger partial charge in [-0.25, -0.2) is 4.39 Å². The average Bonchev–Trinajstić information content (AvgIpc) is 2.30. The van der Waals surface area contributed by atoms with E-state index in [0.717, 1.165) is 24.9 Å². The molecule has 70 valence electrons. The maximum absolute atomic E-state index is 13.4. The Kier molecular flexibility index (Phi) is 2.21. The Hall–Kier alpha value is -1.05. The summed E-state index contributed by atoms with van der Waals surface area (Å²) in [5, 5.41) is 3.15. The molecule has 1 aromatic carbocycles. The summed E-state index contributed by atoms with van der Waals surface area (Å²) in [4.78, 5) is 0. The number of para-hydroxylation sites is 1. The van der Waals surface area contributed by atoms with Crippen LogP contribution < -0.4 is 5.32 Å². The molecule has 0 radical (unpaired) electrons. The van der Waals surface area contributed by atoms with Crippen molar-refractivity contribution in [3.8, 4) is 0 Å². The Balaban J connectivity index is 2.47. The molecule has 0 fully saturated rings. The van der Waals surface area contributed by atoms with Gasteiger partial charge in [-0.05, 0) is 30.4 Å². The molecule has 0 bridgehead atoms. The second kappa shape index (κ2) is 3.36. The lowest BCUT2D eigenvalue weighted by atomic mass is 9.96. The molecular formula is C11H14FN. The Morgan fingerprint density at radius 3 is 3.15 bits per heavy atom. The fraction of sp³-hybridized carbons (Fsp3) is 0.455. The predicted octanol–water partition coefficient (Wildman–Crippen LogP) is 3.13. The lowest BCUT2D eigenvalue weighted by Crippen LogP contribution is -2.02. The first-order valence-corrected chi connectivity index (χ1v) is 4.81.